The lowest BCUT2D eigenvalue weighted by Gasteiger charge is -2.37. The van der Waals surface area contributed by atoms with E-state index in [2.05, 4.69) is 251 Å². The van der Waals surface area contributed by atoms with Gasteiger partial charge >= 0.3 is 0 Å². The standard InChI is InChI=1S/C26H36.C24H32.2C23H36.C22H34.8H2/c1-17-7-9-23(10-8-17)11-12-24-13-20(4)26(21(5)14-24)25-15-18(2)22(6)19(3)16-25;1-15-7-9-21(10-8-15)22-13-18(4)24(19(5)14-22)23-11-16(2)20(6)17(3)12-23;1-16-5-9-22(10-6-16)23-11-7-20(8-12-23)15-21-13-17(2)19(4)18(3)14-21;1-16-5-7-20(8-6-16)15-21-9-11-22(12-10-21)23-13-17(2)19(4)18(3)14-23;1-15-5-7-19(8-6-15)20-9-11-21(12-10-20)22-13-16(2)18(4)17(3)14-22;;;;;;;;/h13-17,23H,7-12H2,1-6H3;11-15,21H,7-10H2,1-6H3;13-14,16,20,22-23H,5-12,15H2,1-4H3;13-14,16,20-22H,5-12,15H2,1-4H3;13-15,19-21H,5-12H2,1-4H3;8*1H. The molecule has 0 saturated heterocycles. The molecule has 0 amide bonds. The minimum Gasteiger partial charge on any atom is -0.0625 e. The highest BCUT2D eigenvalue weighted by Gasteiger charge is 2.34. The second-order valence-electron chi connectivity index (χ2n) is 43.4. The van der Waals surface area contributed by atoms with Crippen LogP contribution in [0.25, 0.3) is 22.3 Å². The number of benzene rings is 7. The van der Waals surface area contributed by atoms with Crippen LogP contribution in [0.5, 0.6) is 0 Å². The SMILES string of the molecule is Cc1cc(-c2c(C)cc(C3CCC(C)CC3)cc2C)cc(C)c1C.Cc1cc(-c2c(C)cc(CCC3CCC(C)CC3)cc2C)cc(C)c1C.Cc1cc(C2CCC(C3CCC(C)CC3)CC2)cc(C)c1C.Cc1cc(C2CCC(CC3CCC(C)CC3)CC2)cc(C)c1C.Cc1cc(CC2CCC(C3CCC(C)CC3)CC2)cc(C)c1C.[HH].[HH].[HH].[HH].[HH].[HH].[HH].[HH]. The molecule has 662 valence electrons. The van der Waals surface area contributed by atoms with Gasteiger partial charge in [-0.05, 0) is 523 Å². The van der Waals surface area contributed by atoms with Gasteiger partial charge in [-0.1, -0.05) is 209 Å². The summed E-state index contributed by atoms with van der Waals surface area (Å²) in [6.45, 7) is 55.1. The van der Waals surface area contributed by atoms with Crippen molar-refractivity contribution in [2.45, 2.75) is 415 Å². The third-order valence-electron chi connectivity index (χ3n) is 34.2. The fourth-order valence-electron chi connectivity index (χ4n) is 24.5. The summed E-state index contributed by atoms with van der Waals surface area (Å²) in [7, 11) is 0. The fraction of sp³-hybridized carbons (Fsp3) is 0.644. The summed E-state index contributed by atoms with van der Waals surface area (Å²) in [5, 5.41) is 0. The lowest BCUT2D eigenvalue weighted by atomic mass is 9.68. The highest BCUT2D eigenvalue weighted by molar-refractivity contribution is 5.74. The summed E-state index contributed by atoms with van der Waals surface area (Å²) in [5.74, 6) is 15.5. The van der Waals surface area contributed by atoms with Crippen LogP contribution in [0.15, 0.2) is 84.9 Å². The lowest BCUT2D eigenvalue weighted by Crippen LogP contribution is -2.25. The van der Waals surface area contributed by atoms with Crippen LogP contribution in [0.2, 0.25) is 0 Å². The molecule has 8 aliphatic rings. The van der Waals surface area contributed by atoms with Crippen LogP contribution in [-0.2, 0) is 12.8 Å². The Kier molecular flexibility index (Phi) is 34.6. The molecule has 0 bridgehead atoms. The number of hydrogen-bond acceptors (Lipinski definition) is 0. The summed E-state index contributed by atoms with van der Waals surface area (Å²) in [6.07, 6.45) is 52.3. The Morgan fingerprint density at radius 2 is 0.424 bits per heavy atom. The van der Waals surface area contributed by atoms with E-state index < -0.39 is 0 Å². The molecule has 8 saturated carbocycles. The van der Waals surface area contributed by atoms with Crippen molar-refractivity contribution in [3.05, 3.63) is 218 Å². The smallest absolute Gasteiger partial charge is 0 e. The van der Waals surface area contributed by atoms with E-state index in [1.165, 1.54) is 365 Å². The van der Waals surface area contributed by atoms with Crippen molar-refractivity contribution < 1.29 is 11.4 Å². The molecule has 8 aliphatic carbocycles. The van der Waals surface area contributed by atoms with Gasteiger partial charge in [0.15, 0.2) is 0 Å². The van der Waals surface area contributed by atoms with Gasteiger partial charge in [-0.25, -0.2) is 0 Å². The highest BCUT2D eigenvalue weighted by atomic mass is 14.4. The normalized spacial score (nSPS) is 27.4. The molecular weight excluding hydrogens is 1420 g/mol. The molecule has 0 unspecified atom stereocenters. The second-order valence-corrected chi connectivity index (χ2v) is 43.4. The Bertz CT molecular complexity index is 4200. The summed E-state index contributed by atoms with van der Waals surface area (Å²) >= 11 is 0. The van der Waals surface area contributed by atoms with E-state index in [0.717, 1.165) is 94.7 Å². The minimum atomic E-state index is 0. The minimum absolute atomic E-state index is 0. The van der Waals surface area contributed by atoms with Gasteiger partial charge in [-0.2, -0.15) is 0 Å². The molecule has 0 heteroatoms. The van der Waals surface area contributed by atoms with E-state index in [1.807, 2.05) is 0 Å². The Hall–Kier alpha value is -5.46. The molecule has 0 aliphatic heterocycles. The van der Waals surface area contributed by atoms with Crippen LogP contribution in [0.3, 0.4) is 0 Å². The van der Waals surface area contributed by atoms with Crippen LogP contribution in [0.1, 0.15) is 416 Å². The van der Waals surface area contributed by atoms with E-state index in [0.29, 0.717) is 0 Å². The number of aryl methyl sites for hydroxylation is 15. The van der Waals surface area contributed by atoms with Crippen LogP contribution in [0.4, 0.5) is 0 Å². The van der Waals surface area contributed by atoms with Gasteiger partial charge in [0.2, 0.25) is 0 Å². The second kappa shape index (κ2) is 43.7. The van der Waals surface area contributed by atoms with E-state index >= 15 is 0 Å². The first-order valence-corrected chi connectivity index (χ1v) is 49.9. The van der Waals surface area contributed by atoms with Crippen LogP contribution in [0, 0.1) is 208 Å². The third kappa shape index (κ3) is 25.6. The molecule has 0 N–H and O–H groups in total. The van der Waals surface area contributed by atoms with Gasteiger partial charge < -0.3 is 0 Å². The highest BCUT2D eigenvalue weighted by Crippen LogP contribution is 2.48. The van der Waals surface area contributed by atoms with E-state index in [9.17, 15) is 0 Å². The molecular formula is C118H190. The molecule has 0 atom stereocenters. The molecule has 0 radical (unpaired) electrons. The maximum absolute atomic E-state index is 2.47. The van der Waals surface area contributed by atoms with Crippen molar-refractivity contribution in [3.63, 3.8) is 0 Å². The maximum Gasteiger partial charge on any atom is 0 e. The Morgan fingerprint density at radius 1 is 0.212 bits per heavy atom. The molecule has 0 nitrogen and oxygen atoms in total. The third-order valence-corrected chi connectivity index (χ3v) is 34.2. The summed E-state index contributed by atoms with van der Waals surface area (Å²) < 4.78 is 0. The lowest BCUT2D eigenvalue weighted by molar-refractivity contribution is 0.150. The molecule has 0 spiro atoms. The molecule has 0 aromatic heterocycles. The van der Waals surface area contributed by atoms with Gasteiger partial charge in [0.1, 0.15) is 0 Å². The fourth-order valence-corrected chi connectivity index (χ4v) is 24.5. The van der Waals surface area contributed by atoms with Gasteiger partial charge in [0.05, 0.1) is 0 Å². The van der Waals surface area contributed by atoms with Gasteiger partial charge in [-0.15, -0.1) is 0 Å². The molecule has 8 fully saturated rings. The predicted molar refractivity (Wildman–Crippen MR) is 536 cm³/mol. The average Bonchev–Trinajstić information content (AvgIpc) is 0.789. The Labute approximate surface area is 739 Å². The Morgan fingerprint density at radius 3 is 0.754 bits per heavy atom. The van der Waals surface area contributed by atoms with Crippen LogP contribution < -0.4 is 0 Å². The predicted octanol–water partition coefficient (Wildman–Crippen LogP) is 37.4. The van der Waals surface area contributed by atoms with Crippen molar-refractivity contribution in [2.24, 2.45) is 76.9 Å². The zero-order valence-electron chi connectivity index (χ0n) is 80.8. The first-order valence-electron chi connectivity index (χ1n) is 49.9. The van der Waals surface area contributed by atoms with Crippen molar-refractivity contribution >= 4 is 0 Å². The van der Waals surface area contributed by atoms with Crippen molar-refractivity contribution in [3.8, 4) is 22.3 Å². The van der Waals surface area contributed by atoms with Gasteiger partial charge in [-0.3, -0.25) is 0 Å². The van der Waals surface area contributed by atoms with E-state index in [-0.39, 0.29) is 11.4 Å². The van der Waals surface area contributed by atoms with Crippen LogP contribution >= 0.6 is 0 Å². The van der Waals surface area contributed by atoms with Gasteiger partial charge in [0, 0.05) is 11.4 Å². The molecule has 7 aromatic carbocycles. The molecule has 118 heavy (non-hydrogen) atoms. The quantitative estimate of drug-likeness (QED) is 0.102. The zero-order valence-corrected chi connectivity index (χ0v) is 80.8. The van der Waals surface area contributed by atoms with Crippen LogP contribution in [-0.4, -0.2) is 0 Å². The van der Waals surface area contributed by atoms with Gasteiger partial charge in [0.25, 0.3) is 0 Å². The average molecular weight is 1610 g/mol. The summed E-state index contributed by atoms with van der Waals surface area (Å²) in [4.78, 5) is 0. The number of hydrogen-bond donors (Lipinski definition) is 0. The zero-order chi connectivity index (χ0) is 84.8. The van der Waals surface area contributed by atoms with Crippen molar-refractivity contribution in [2.75, 3.05) is 0 Å². The van der Waals surface area contributed by atoms with E-state index in [4.69, 9.17) is 0 Å². The summed E-state index contributed by atoms with van der Waals surface area (Å²) in [6, 6.07) is 34.0. The maximum atomic E-state index is 2.47. The topological polar surface area (TPSA) is 0 Å². The number of rotatable bonds is 14. The monoisotopic (exact) mass is 1610 g/mol. The Balaban J connectivity index is 0.000000400. The molecule has 15 rings (SSSR count). The van der Waals surface area contributed by atoms with Crippen molar-refractivity contribution in [1.82, 2.24) is 0 Å². The summed E-state index contributed by atoms with van der Waals surface area (Å²) in [5.41, 5.74) is 41.1. The molecule has 0 heterocycles. The largest absolute Gasteiger partial charge is 0.0625 e. The first kappa shape index (κ1) is 93.2. The first-order chi connectivity index (χ1) is 56.3. The van der Waals surface area contributed by atoms with E-state index in [1.54, 1.807) is 22.3 Å². The van der Waals surface area contributed by atoms with Crippen molar-refractivity contribution in [1.29, 1.82) is 0 Å². The molecule has 7 aromatic rings.